The fourth-order valence-electron chi connectivity index (χ4n) is 1.14. The molecule has 0 fully saturated rings. The van der Waals surface area contributed by atoms with Gasteiger partial charge in [0.15, 0.2) is 23.7 Å². The standard InChI is InChI=1S/C12H12F3NO2/c1-12(2,3)11(18)16-8-4-7(13)10(15)9(14)6(8)5-17/h4-5H,1-3H3,(H,16,18). The summed E-state index contributed by atoms with van der Waals surface area (Å²) in [7, 11) is 0. The van der Waals surface area contributed by atoms with Crippen LogP contribution in [-0.2, 0) is 4.79 Å². The van der Waals surface area contributed by atoms with E-state index >= 15 is 0 Å². The van der Waals surface area contributed by atoms with Gasteiger partial charge in [-0.3, -0.25) is 9.59 Å². The zero-order chi connectivity index (χ0) is 14.1. The van der Waals surface area contributed by atoms with Crippen molar-refractivity contribution in [3.63, 3.8) is 0 Å². The largest absolute Gasteiger partial charge is 0.325 e. The zero-order valence-corrected chi connectivity index (χ0v) is 10.1. The fraction of sp³-hybridized carbons (Fsp3) is 0.333. The van der Waals surface area contributed by atoms with Crippen molar-refractivity contribution in [2.24, 2.45) is 5.41 Å². The molecular formula is C12H12F3NO2. The molecule has 0 atom stereocenters. The maximum absolute atomic E-state index is 13.3. The van der Waals surface area contributed by atoms with Crippen LogP contribution in [0.2, 0.25) is 0 Å². The minimum atomic E-state index is -1.74. The van der Waals surface area contributed by atoms with E-state index in [-0.39, 0.29) is 12.0 Å². The molecule has 1 amide bonds. The molecule has 1 aromatic carbocycles. The van der Waals surface area contributed by atoms with Crippen LogP contribution in [-0.4, -0.2) is 12.2 Å². The van der Waals surface area contributed by atoms with Crippen molar-refractivity contribution in [1.82, 2.24) is 0 Å². The second kappa shape index (κ2) is 4.80. The average molecular weight is 259 g/mol. The van der Waals surface area contributed by atoms with Crippen LogP contribution < -0.4 is 5.32 Å². The lowest BCUT2D eigenvalue weighted by atomic mass is 9.95. The lowest BCUT2D eigenvalue weighted by molar-refractivity contribution is -0.123. The summed E-state index contributed by atoms with van der Waals surface area (Å²) in [5.41, 5.74) is -1.92. The first-order valence-electron chi connectivity index (χ1n) is 5.12. The first-order chi connectivity index (χ1) is 8.18. The molecule has 1 aromatic rings. The molecule has 1 N–H and O–H groups in total. The van der Waals surface area contributed by atoms with Crippen molar-refractivity contribution in [2.45, 2.75) is 20.8 Å². The van der Waals surface area contributed by atoms with Crippen LogP contribution in [0.1, 0.15) is 31.1 Å². The van der Waals surface area contributed by atoms with Crippen molar-refractivity contribution in [2.75, 3.05) is 5.32 Å². The van der Waals surface area contributed by atoms with E-state index < -0.39 is 34.3 Å². The molecule has 0 heterocycles. The van der Waals surface area contributed by atoms with Crippen LogP contribution >= 0.6 is 0 Å². The Balaban J connectivity index is 3.26. The highest BCUT2D eigenvalue weighted by Crippen LogP contribution is 2.25. The predicted octanol–water partition coefficient (Wildman–Crippen LogP) is 2.90. The molecule has 0 aromatic heterocycles. The molecule has 0 saturated heterocycles. The van der Waals surface area contributed by atoms with Crippen molar-refractivity contribution in [1.29, 1.82) is 0 Å². The van der Waals surface area contributed by atoms with Gasteiger partial charge in [0.2, 0.25) is 5.91 Å². The van der Waals surface area contributed by atoms with Gasteiger partial charge in [-0.15, -0.1) is 0 Å². The smallest absolute Gasteiger partial charge is 0.229 e. The summed E-state index contributed by atoms with van der Waals surface area (Å²) in [6, 6.07) is 0.575. The van der Waals surface area contributed by atoms with E-state index in [1.807, 2.05) is 0 Å². The number of amides is 1. The third-order valence-electron chi connectivity index (χ3n) is 2.25. The van der Waals surface area contributed by atoms with Crippen LogP contribution in [0.25, 0.3) is 0 Å². The summed E-state index contributed by atoms with van der Waals surface area (Å²) < 4.78 is 39.2. The van der Waals surface area contributed by atoms with Gasteiger partial charge in [-0.2, -0.15) is 0 Å². The molecule has 3 nitrogen and oxygen atoms in total. The number of rotatable bonds is 2. The van der Waals surface area contributed by atoms with Crippen LogP contribution in [0.5, 0.6) is 0 Å². The van der Waals surface area contributed by atoms with Gasteiger partial charge in [0.25, 0.3) is 0 Å². The lowest BCUT2D eigenvalue weighted by Gasteiger charge is -2.18. The van der Waals surface area contributed by atoms with Gasteiger partial charge >= 0.3 is 0 Å². The molecule has 98 valence electrons. The molecule has 0 spiro atoms. The molecular weight excluding hydrogens is 247 g/mol. The Morgan fingerprint density at radius 1 is 1.22 bits per heavy atom. The van der Waals surface area contributed by atoms with E-state index in [1.165, 1.54) is 0 Å². The topological polar surface area (TPSA) is 46.2 Å². The average Bonchev–Trinajstić information content (AvgIpc) is 2.25. The molecule has 6 heteroatoms. The Hall–Kier alpha value is -1.85. The number of carbonyl (C=O) groups excluding carboxylic acids is 2. The van der Waals surface area contributed by atoms with Crippen molar-refractivity contribution >= 4 is 17.9 Å². The monoisotopic (exact) mass is 259 g/mol. The Morgan fingerprint density at radius 3 is 2.22 bits per heavy atom. The third kappa shape index (κ3) is 2.69. The second-order valence-electron chi connectivity index (χ2n) is 4.77. The van der Waals surface area contributed by atoms with Gasteiger partial charge in [-0.25, -0.2) is 13.2 Å². The van der Waals surface area contributed by atoms with E-state index in [4.69, 9.17) is 0 Å². The summed E-state index contributed by atoms with van der Waals surface area (Å²) in [5.74, 6) is -5.38. The molecule has 0 bridgehead atoms. The van der Waals surface area contributed by atoms with Gasteiger partial charge in [0.05, 0.1) is 11.3 Å². The van der Waals surface area contributed by atoms with E-state index in [9.17, 15) is 22.8 Å². The quantitative estimate of drug-likeness (QED) is 0.655. The van der Waals surface area contributed by atoms with Crippen LogP contribution in [0.15, 0.2) is 6.07 Å². The van der Waals surface area contributed by atoms with Gasteiger partial charge in [-0.1, -0.05) is 20.8 Å². The van der Waals surface area contributed by atoms with Gasteiger partial charge in [0, 0.05) is 11.5 Å². The summed E-state index contributed by atoms with van der Waals surface area (Å²) in [4.78, 5) is 22.3. The Bertz CT molecular complexity index is 507. The Labute approximate surface area is 102 Å². The third-order valence-corrected chi connectivity index (χ3v) is 2.25. The van der Waals surface area contributed by atoms with Crippen LogP contribution in [0, 0.1) is 22.9 Å². The predicted molar refractivity (Wildman–Crippen MR) is 59.8 cm³/mol. The SMILES string of the molecule is CC(C)(C)C(=O)Nc1cc(F)c(F)c(F)c1C=O. The normalized spacial score (nSPS) is 11.2. The summed E-state index contributed by atoms with van der Waals surface area (Å²) in [5, 5.41) is 2.19. The van der Waals surface area contributed by atoms with E-state index in [0.29, 0.717) is 6.07 Å². The number of carbonyl (C=O) groups is 2. The molecule has 0 unspecified atom stereocenters. The fourth-order valence-corrected chi connectivity index (χ4v) is 1.14. The first kappa shape index (κ1) is 14.2. The highest BCUT2D eigenvalue weighted by atomic mass is 19.2. The summed E-state index contributed by atoms with van der Waals surface area (Å²) in [6.07, 6.45) is 0.0239. The van der Waals surface area contributed by atoms with Crippen molar-refractivity contribution in [3.8, 4) is 0 Å². The van der Waals surface area contributed by atoms with Gasteiger partial charge in [-0.05, 0) is 0 Å². The Morgan fingerprint density at radius 2 is 1.78 bits per heavy atom. The van der Waals surface area contributed by atoms with E-state index in [1.54, 1.807) is 20.8 Å². The van der Waals surface area contributed by atoms with Gasteiger partial charge in [0.1, 0.15) is 0 Å². The molecule has 1 rings (SSSR count). The summed E-state index contributed by atoms with van der Waals surface area (Å²) >= 11 is 0. The van der Waals surface area contributed by atoms with Crippen LogP contribution in [0.4, 0.5) is 18.9 Å². The molecule has 0 aliphatic carbocycles. The molecule has 18 heavy (non-hydrogen) atoms. The molecule has 0 saturated carbocycles. The number of hydrogen-bond donors (Lipinski definition) is 1. The molecule has 0 aliphatic heterocycles. The highest BCUT2D eigenvalue weighted by Gasteiger charge is 2.25. The van der Waals surface area contributed by atoms with Crippen molar-refractivity contribution < 1.29 is 22.8 Å². The van der Waals surface area contributed by atoms with E-state index in [0.717, 1.165) is 0 Å². The number of benzene rings is 1. The number of hydrogen-bond acceptors (Lipinski definition) is 2. The number of aldehydes is 1. The summed E-state index contributed by atoms with van der Waals surface area (Å²) in [6.45, 7) is 4.75. The maximum atomic E-state index is 13.3. The highest BCUT2D eigenvalue weighted by molar-refractivity contribution is 5.98. The molecule has 0 aliphatic rings. The minimum Gasteiger partial charge on any atom is -0.325 e. The van der Waals surface area contributed by atoms with E-state index in [2.05, 4.69) is 5.32 Å². The number of nitrogens with one attached hydrogen (secondary N) is 1. The van der Waals surface area contributed by atoms with Crippen molar-refractivity contribution in [3.05, 3.63) is 29.1 Å². The zero-order valence-electron chi connectivity index (χ0n) is 10.1. The second-order valence-corrected chi connectivity index (χ2v) is 4.77. The number of halogens is 3. The molecule has 0 radical (unpaired) electrons. The van der Waals surface area contributed by atoms with Gasteiger partial charge < -0.3 is 5.32 Å². The maximum Gasteiger partial charge on any atom is 0.229 e. The lowest BCUT2D eigenvalue weighted by Crippen LogP contribution is -2.28. The minimum absolute atomic E-state index is 0.0239. The number of anilines is 1. The Kier molecular flexibility index (Phi) is 3.79. The van der Waals surface area contributed by atoms with Crippen LogP contribution in [0.3, 0.4) is 0 Å². The first-order valence-corrected chi connectivity index (χ1v) is 5.12.